The predicted octanol–water partition coefficient (Wildman–Crippen LogP) is 0.839. The summed E-state index contributed by atoms with van der Waals surface area (Å²) < 4.78 is 4.71. The molecule has 2 N–H and O–H groups in total. The lowest BCUT2D eigenvalue weighted by Crippen LogP contribution is -2.42. The second-order valence-corrected chi connectivity index (χ2v) is 4.83. The summed E-state index contributed by atoms with van der Waals surface area (Å²) >= 11 is 0. The summed E-state index contributed by atoms with van der Waals surface area (Å²) in [5, 5.41) is 0. The highest BCUT2D eigenvalue weighted by Gasteiger charge is 2.25. The number of hydrogen-bond donors (Lipinski definition) is 1. The molecule has 18 heavy (non-hydrogen) atoms. The number of hydrogen-bond acceptors (Lipinski definition) is 4. The molecule has 0 aliphatic carbocycles. The van der Waals surface area contributed by atoms with E-state index in [1.165, 1.54) is 18.4 Å². The van der Waals surface area contributed by atoms with Crippen molar-refractivity contribution in [1.29, 1.82) is 0 Å². The van der Waals surface area contributed by atoms with Crippen LogP contribution < -0.4 is 11.4 Å². The number of amides is 1. The molecule has 1 aromatic rings. The number of likely N-dealkylation sites (tertiary alicyclic amines) is 1. The Hall–Kier alpha value is -1.62. The highest BCUT2D eigenvalue weighted by atomic mass is 16.4. The van der Waals surface area contributed by atoms with Gasteiger partial charge in [-0.25, -0.2) is 4.79 Å². The van der Waals surface area contributed by atoms with E-state index >= 15 is 0 Å². The molecule has 0 spiro atoms. The van der Waals surface area contributed by atoms with Crippen LogP contribution in [0.15, 0.2) is 27.6 Å². The molecule has 0 radical (unpaired) electrons. The number of piperidine rings is 1. The van der Waals surface area contributed by atoms with Gasteiger partial charge in [0.2, 0.25) is 0 Å². The summed E-state index contributed by atoms with van der Waals surface area (Å²) in [4.78, 5) is 24.7. The van der Waals surface area contributed by atoms with Gasteiger partial charge in [0.1, 0.15) is 6.26 Å². The third kappa shape index (κ3) is 2.79. The molecular formula is C13H18N2O3. The number of rotatable bonds is 2. The minimum atomic E-state index is -0.442. The van der Waals surface area contributed by atoms with Crippen LogP contribution in [0, 0.1) is 5.92 Å². The molecule has 1 aliphatic rings. The quantitative estimate of drug-likeness (QED) is 0.843. The predicted molar refractivity (Wildman–Crippen MR) is 67.3 cm³/mol. The van der Waals surface area contributed by atoms with Crippen molar-refractivity contribution in [3.8, 4) is 0 Å². The fourth-order valence-electron chi connectivity index (χ4n) is 2.29. The Labute approximate surface area is 106 Å². The van der Waals surface area contributed by atoms with E-state index in [0.29, 0.717) is 24.6 Å². The summed E-state index contributed by atoms with van der Waals surface area (Å²) in [5.41, 5.74) is 5.85. The Balaban J connectivity index is 1.99. The molecule has 0 bridgehead atoms. The molecule has 1 fully saturated rings. The third-order valence-electron chi connectivity index (χ3n) is 3.52. The average Bonchev–Trinajstić information content (AvgIpc) is 2.39. The van der Waals surface area contributed by atoms with E-state index in [2.05, 4.69) is 0 Å². The van der Waals surface area contributed by atoms with E-state index in [0.717, 1.165) is 12.8 Å². The van der Waals surface area contributed by atoms with Crippen LogP contribution >= 0.6 is 0 Å². The minimum absolute atomic E-state index is 0.0816. The van der Waals surface area contributed by atoms with Gasteiger partial charge >= 0.3 is 5.63 Å². The summed E-state index contributed by atoms with van der Waals surface area (Å²) in [5.74, 6) is 0.407. The molecule has 2 heterocycles. The van der Waals surface area contributed by atoms with Gasteiger partial charge in [-0.05, 0) is 31.7 Å². The Morgan fingerprint density at radius 2 is 2.11 bits per heavy atom. The molecule has 5 nitrogen and oxygen atoms in total. The van der Waals surface area contributed by atoms with Gasteiger partial charge < -0.3 is 15.1 Å². The van der Waals surface area contributed by atoms with E-state index in [-0.39, 0.29) is 11.9 Å². The van der Waals surface area contributed by atoms with Crippen LogP contribution in [0.2, 0.25) is 0 Å². The van der Waals surface area contributed by atoms with Gasteiger partial charge in [-0.2, -0.15) is 0 Å². The lowest BCUT2D eigenvalue weighted by atomic mass is 9.91. The topological polar surface area (TPSA) is 76.5 Å². The molecule has 0 saturated carbocycles. The first-order valence-electron chi connectivity index (χ1n) is 6.21. The second kappa shape index (κ2) is 5.35. The first-order valence-corrected chi connectivity index (χ1v) is 6.21. The Kier molecular flexibility index (Phi) is 3.81. The highest BCUT2D eigenvalue weighted by Crippen LogP contribution is 2.20. The molecule has 5 heteroatoms. The monoisotopic (exact) mass is 250 g/mol. The molecular weight excluding hydrogens is 232 g/mol. The second-order valence-electron chi connectivity index (χ2n) is 4.83. The summed E-state index contributed by atoms with van der Waals surface area (Å²) in [6.07, 6.45) is 3.09. The van der Waals surface area contributed by atoms with Crippen molar-refractivity contribution in [2.75, 3.05) is 13.1 Å². The van der Waals surface area contributed by atoms with Crippen molar-refractivity contribution < 1.29 is 9.21 Å². The maximum Gasteiger partial charge on any atom is 0.335 e. The Morgan fingerprint density at radius 1 is 1.44 bits per heavy atom. The van der Waals surface area contributed by atoms with Gasteiger partial charge in [0.15, 0.2) is 0 Å². The van der Waals surface area contributed by atoms with Gasteiger partial charge in [-0.15, -0.1) is 0 Å². The molecule has 2 rings (SSSR count). The first-order chi connectivity index (χ1) is 8.58. The van der Waals surface area contributed by atoms with Crippen molar-refractivity contribution in [1.82, 2.24) is 4.90 Å². The minimum Gasteiger partial charge on any atom is -0.430 e. The summed E-state index contributed by atoms with van der Waals surface area (Å²) in [7, 11) is 0. The van der Waals surface area contributed by atoms with Crippen molar-refractivity contribution in [2.45, 2.75) is 25.8 Å². The van der Waals surface area contributed by atoms with E-state index < -0.39 is 5.63 Å². The molecule has 1 aromatic heterocycles. The molecule has 1 saturated heterocycles. The van der Waals surface area contributed by atoms with E-state index in [1.807, 2.05) is 6.92 Å². The molecule has 1 atom stereocenters. The number of nitrogens with two attached hydrogens (primary N) is 1. The zero-order valence-corrected chi connectivity index (χ0v) is 10.5. The van der Waals surface area contributed by atoms with Crippen LogP contribution in [-0.2, 0) is 0 Å². The van der Waals surface area contributed by atoms with E-state index in [4.69, 9.17) is 10.2 Å². The van der Waals surface area contributed by atoms with Crippen molar-refractivity contribution in [2.24, 2.45) is 11.7 Å². The van der Waals surface area contributed by atoms with Gasteiger partial charge in [0.05, 0.1) is 5.56 Å². The normalized spacial score (nSPS) is 18.7. The van der Waals surface area contributed by atoms with E-state index in [9.17, 15) is 9.59 Å². The van der Waals surface area contributed by atoms with Gasteiger partial charge in [-0.1, -0.05) is 0 Å². The molecule has 1 aliphatic heterocycles. The summed E-state index contributed by atoms with van der Waals surface area (Å²) in [6, 6.07) is 2.95. The standard InChI is InChI=1S/C13H18N2O3/c1-9(14)10-4-6-15(7-5-10)13(17)11-2-3-12(16)18-8-11/h2-3,8-10H,4-7,14H2,1H3. The molecule has 1 amide bonds. The van der Waals surface area contributed by atoms with Crippen LogP contribution in [0.1, 0.15) is 30.1 Å². The molecule has 0 aromatic carbocycles. The Morgan fingerprint density at radius 3 is 2.61 bits per heavy atom. The fourth-order valence-corrected chi connectivity index (χ4v) is 2.29. The zero-order chi connectivity index (χ0) is 13.1. The van der Waals surface area contributed by atoms with Crippen LogP contribution in [0.25, 0.3) is 0 Å². The number of nitrogens with zero attached hydrogens (tertiary/aromatic N) is 1. The van der Waals surface area contributed by atoms with Gasteiger partial charge in [0.25, 0.3) is 5.91 Å². The fraction of sp³-hybridized carbons (Fsp3) is 0.538. The lowest BCUT2D eigenvalue weighted by molar-refractivity contribution is 0.0678. The largest absolute Gasteiger partial charge is 0.430 e. The molecule has 1 unspecified atom stereocenters. The number of carbonyl (C=O) groups excluding carboxylic acids is 1. The SMILES string of the molecule is CC(N)C1CCN(C(=O)c2ccc(=O)oc2)CC1. The van der Waals surface area contributed by atoms with Crippen molar-refractivity contribution in [3.05, 3.63) is 34.4 Å². The van der Waals surface area contributed by atoms with Crippen molar-refractivity contribution in [3.63, 3.8) is 0 Å². The Bertz CT molecular complexity index is 453. The maximum absolute atomic E-state index is 12.1. The van der Waals surface area contributed by atoms with Gasteiger partial charge in [-0.3, -0.25) is 4.79 Å². The van der Waals surface area contributed by atoms with Crippen LogP contribution in [-0.4, -0.2) is 29.9 Å². The van der Waals surface area contributed by atoms with Gasteiger partial charge in [0, 0.05) is 25.2 Å². The highest BCUT2D eigenvalue weighted by molar-refractivity contribution is 5.93. The summed E-state index contributed by atoms with van der Waals surface area (Å²) in [6.45, 7) is 3.43. The van der Waals surface area contributed by atoms with Crippen LogP contribution in [0.5, 0.6) is 0 Å². The smallest absolute Gasteiger partial charge is 0.335 e. The van der Waals surface area contributed by atoms with Crippen molar-refractivity contribution >= 4 is 5.91 Å². The lowest BCUT2D eigenvalue weighted by Gasteiger charge is -2.33. The van der Waals surface area contributed by atoms with E-state index in [1.54, 1.807) is 4.90 Å². The third-order valence-corrected chi connectivity index (χ3v) is 3.52. The average molecular weight is 250 g/mol. The first kappa shape index (κ1) is 12.8. The molecule has 98 valence electrons. The van der Waals surface area contributed by atoms with Crippen LogP contribution in [0.3, 0.4) is 0 Å². The number of carbonyl (C=O) groups is 1. The van der Waals surface area contributed by atoms with Crippen LogP contribution in [0.4, 0.5) is 0 Å². The maximum atomic E-state index is 12.1. The zero-order valence-electron chi connectivity index (χ0n) is 10.5.